The molecule has 3 nitrogen and oxygen atoms in total. The van der Waals surface area contributed by atoms with Crippen LogP contribution in [0.15, 0.2) is 30.3 Å². The van der Waals surface area contributed by atoms with Crippen LogP contribution < -0.4 is 0 Å². The Labute approximate surface area is 114 Å². The van der Waals surface area contributed by atoms with E-state index in [-0.39, 0.29) is 11.8 Å². The van der Waals surface area contributed by atoms with E-state index in [2.05, 4.69) is 6.42 Å². The van der Waals surface area contributed by atoms with Crippen LogP contribution in [0.4, 0.5) is 0 Å². The van der Waals surface area contributed by atoms with Gasteiger partial charge in [-0.2, -0.15) is 0 Å². The van der Waals surface area contributed by atoms with Crippen LogP contribution >= 0.6 is 0 Å². The summed E-state index contributed by atoms with van der Waals surface area (Å²) in [7, 11) is 0. The van der Waals surface area contributed by atoms with Crippen molar-refractivity contribution in [2.75, 3.05) is 13.1 Å². The molecule has 1 amide bonds. The Bertz CT molecular complexity index is 449. The third-order valence-electron chi connectivity index (χ3n) is 4.47. The Balaban J connectivity index is 1.96. The van der Waals surface area contributed by atoms with E-state index in [0.717, 1.165) is 31.2 Å². The van der Waals surface area contributed by atoms with Gasteiger partial charge in [-0.3, -0.25) is 4.79 Å². The van der Waals surface area contributed by atoms with Gasteiger partial charge >= 0.3 is 0 Å². The van der Waals surface area contributed by atoms with Crippen molar-refractivity contribution in [1.82, 2.24) is 4.90 Å². The van der Waals surface area contributed by atoms with Gasteiger partial charge in [0.25, 0.3) is 5.91 Å². The van der Waals surface area contributed by atoms with Crippen LogP contribution in [-0.2, 0) is 10.4 Å². The molecule has 19 heavy (non-hydrogen) atoms. The Morgan fingerprint density at radius 2 is 1.79 bits per heavy atom. The van der Waals surface area contributed by atoms with Crippen molar-refractivity contribution < 1.29 is 9.90 Å². The minimum atomic E-state index is -1.33. The third kappa shape index (κ3) is 2.06. The highest BCUT2D eigenvalue weighted by atomic mass is 16.3. The Kier molecular flexibility index (Phi) is 3.31. The van der Waals surface area contributed by atoms with Crippen molar-refractivity contribution in [3.63, 3.8) is 0 Å². The van der Waals surface area contributed by atoms with E-state index < -0.39 is 5.60 Å². The number of nitrogens with zero attached hydrogens (tertiary/aromatic N) is 1. The van der Waals surface area contributed by atoms with Crippen molar-refractivity contribution in [2.45, 2.75) is 31.3 Å². The monoisotopic (exact) mass is 258 g/mol. The minimum absolute atomic E-state index is 0.0583. The number of hydrogen-bond acceptors (Lipinski definition) is 2. The molecule has 3 heteroatoms. The van der Waals surface area contributed by atoms with Crippen LogP contribution in [0.25, 0.3) is 0 Å². The molecule has 1 heterocycles. The molecule has 1 aromatic rings. The van der Waals surface area contributed by atoms with E-state index in [1.807, 2.05) is 30.3 Å². The molecule has 0 aromatic heterocycles. The van der Waals surface area contributed by atoms with Gasteiger partial charge in [0.05, 0.1) is 0 Å². The molecular formula is C16H20NO2. The SMILES string of the molecule is O=C(N1C[CH]C1)C(O)(c1ccccc1)C1CCCC1. The fraction of sp³-hybridized carbons (Fsp3) is 0.500. The summed E-state index contributed by atoms with van der Waals surface area (Å²) in [4.78, 5) is 14.4. The molecule has 1 radical (unpaired) electrons. The van der Waals surface area contributed by atoms with E-state index in [0.29, 0.717) is 13.1 Å². The van der Waals surface area contributed by atoms with Gasteiger partial charge in [-0.15, -0.1) is 0 Å². The maximum Gasteiger partial charge on any atom is 0.259 e. The van der Waals surface area contributed by atoms with Crippen LogP contribution in [0.1, 0.15) is 31.2 Å². The molecule has 1 saturated carbocycles. The normalized spacial score (nSPS) is 22.9. The highest BCUT2D eigenvalue weighted by Crippen LogP contribution is 2.42. The van der Waals surface area contributed by atoms with Crippen LogP contribution in [0.3, 0.4) is 0 Å². The Morgan fingerprint density at radius 1 is 1.16 bits per heavy atom. The second kappa shape index (κ2) is 4.97. The molecule has 1 saturated heterocycles. The second-order valence-electron chi connectivity index (χ2n) is 5.61. The molecule has 1 aliphatic heterocycles. The first-order valence-electron chi connectivity index (χ1n) is 7.12. The average Bonchev–Trinajstić information content (AvgIpc) is 2.91. The number of hydrogen-bond donors (Lipinski definition) is 1. The molecule has 2 fully saturated rings. The summed E-state index contributed by atoms with van der Waals surface area (Å²) in [6.07, 6.45) is 6.15. The van der Waals surface area contributed by atoms with Crippen molar-refractivity contribution in [3.05, 3.63) is 42.3 Å². The number of carbonyl (C=O) groups is 1. The summed E-state index contributed by atoms with van der Waals surface area (Å²) < 4.78 is 0. The lowest BCUT2D eigenvalue weighted by molar-refractivity contribution is -0.161. The zero-order valence-electron chi connectivity index (χ0n) is 11.1. The summed E-state index contributed by atoms with van der Waals surface area (Å²) in [6.45, 7) is 1.33. The van der Waals surface area contributed by atoms with Crippen LogP contribution in [0.5, 0.6) is 0 Å². The maximum absolute atomic E-state index is 12.7. The van der Waals surface area contributed by atoms with Gasteiger partial charge in [-0.1, -0.05) is 43.2 Å². The zero-order valence-corrected chi connectivity index (χ0v) is 11.1. The quantitative estimate of drug-likeness (QED) is 0.902. The molecule has 1 aromatic carbocycles. The van der Waals surface area contributed by atoms with E-state index >= 15 is 0 Å². The van der Waals surface area contributed by atoms with Gasteiger partial charge in [0.15, 0.2) is 5.60 Å². The lowest BCUT2D eigenvalue weighted by atomic mass is 9.78. The Morgan fingerprint density at radius 3 is 2.32 bits per heavy atom. The zero-order chi connectivity index (χ0) is 13.3. The highest BCUT2D eigenvalue weighted by molar-refractivity contribution is 5.87. The fourth-order valence-corrected chi connectivity index (χ4v) is 3.23. The van der Waals surface area contributed by atoms with Gasteiger partial charge in [0.1, 0.15) is 0 Å². The predicted molar refractivity (Wildman–Crippen MR) is 73.2 cm³/mol. The van der Waals surface area contributed by atoms with Gasteiger partial charge < -0.3 is 10.0 Å². The molecule has 1 atom stereocenters. The molecule has 2 aliphatic rings. The molecular weight excluding hydrogens is 238 g/mol. The standard InChI is InChI=1S/C16H20NO2/c18-15(17-11-6-12-17)16(19,14-9-4-5-10-14)13-7-2-1-3-8-13/h1-3,6-8,14,19H,4-5,9-12H2. The number of carbonyl (C=O) groups excluding carboxylic acids is 1. The summed E-state index contributed by atoms with van der Waals surface area (Å²) in [5.41, 5.74) is -0.578. The molecule has 0 bridgehead atoms. The Hall–Kier alpha value is -1.35. The van der Waals surface area contributed by atoms with Crippen molar-refractivity contribution in [3.8, 4) is 0 Å². The van der Waals surface area contributed by atoms with Gasteiger partial charge in [-0.25, -0.2) is 0 Å². The smallest absolute Gasteiger partial charge is 0.259 e. The minimum Gasteiger partial charge on any atom is -0.375 e. The van der Waals surface area contributed by atoms with Crippen LogP contribution in [0.2, 0.25) is 0 Å². The summed E-state index contributed by atoms with van der Waals surface area (Å²) in [6, 6.07) is 9.45. The second-order valence-corrected chi connectivity index (χ2v) is 5.61. The van der Waals surface area contributed by atoms with E-state index in [1.165, 1.54) is 0 Å². The van der Waals surface area contributed by atoms with Gasteiger partial charge in [0, 0.05) is 25.4 Å². The lowest BCUT2D eigenvalue weighted by Gasteiger charge is -2.41. The van der Waals surface area contributed by atoms with Gasteiger partial charge in [0.2, 0.25) is 0 Å². The lowest BCUT2D eigenvalue weighted by Crippen LogP contribution is -2.55. The number of aliphatic hydroxyl groups is 1. The van der Waals surface area contributed by atoms with Crippen molar-refractivity contribution in [1.29, 1.82) is 0 Å². The molecule has 1 unspecified atom stereocenters. The highest BCUT2D eigenvalue weighted by Gasteiger charge is 2.49. The topological polar surface area (TPSA) is 40.5 Å². The summed E-state index contributed by atoms with van der Waals surface area (Å²) >= 11 is 0. The predicted octanol–water partition coefficient (Wildman–Crippen LogP) is 2.11. The van der Waals surface area contributed by atoms with Crippen LogP contribution in [-0.4, -0.2) is 29.0 Å². The number of amides is 1. The first-order valence-corrected chi connectivity index (χ1v) is 7.12. The third-order valence-corrected chi connectivity index (χ3v) is 4.47. The molecule has 1 aliphatic carbocycles. The van der Waals surface area contributed by atoms with E-state index in [9.17, 15) is 9.90 Å². The number of rotatable bonds is 3. The first-order chi connectivity index (χ1) is 9.23. The summed E-state index contributed by atoms with van der Waals surface area (Å²) in [5.74, 6) is -0.0592. The van der Waals surface area contributed by atoms with Crippen LogP contribution in [0, 0.1) is 12.3 Å². The first kappa shape index (κ1) is 12.7. The van der Waals surface area contributed by atoms with Crippen molar-refractivity contribution >= 4 is 5.91 Å². The van der Waals surface area contributed by atoms with E-state index in [1.54, 1.807) is 4.90 Å². The van der Waals surface area contributed by atoms with Crippen molar-refractivity contribution in [2.24, 2.45) is 5.92 Å². The largest absolute Gasteiger partial charge is 0.375 e. The molecule has 101 valence electrons. The maximum atomic E-state index is 12.7. The summed E-state index contributed by atoms with van der Waals surface area (Å²) in [5, 5.41) is 11.2. The average molecular weight is 258 g/mol. The fourth-order valence-electron chi connectivity index (χ4n) is 3.23. The van der Waals surface area contributed by atoms with E-state index in [4.69, 9.17) is 0 Å². The molecule has 1 N–H and O–H groups in total. The molecule has 0 spiro atoms. The molecule has 3 rings (SSSR count). The number of benzene rings is 1. The number of likely N-dealkylation sites (tertiary alicyclic amines) is 1. The van der Waals surface area contributed by atoms with Gasteiger partial charge in [-0.05, 0) is 18.4 Å².